The molecule has 4 rings (SSSR count). The summed E-state index contributed by atoms with van der Waals surface area (Å²) in [4.78, 5) is 18.9. The Hall–Kier alpha value is -1.78. The van der Waals surface area contributed by atoms with Gasteiger partial charge in [-0.3, -0.25) is 4.79 Å². The van der Waals surface area contributed by atoms with Crippen molar-refractivity contribution >= 4 is 27.3 Å². The Balaban J connectivity index is 1.38. The second-order valence-electron chi connectivity index (χ2n) is 9.87. The smallest absolute Gasteiger partial charge is 0.244 e. The Bertz CT molecular complexity index is 1080. The first-order valence-electron chi connectivity index (χ1n) is 12.5. The number of rotatable bonds is 6. The first-order chi connectivity index (χ1) is 16.3. The molecule has 1 aliphatic heterocycles. The second kappa shape index (κ2) is 10.9. The lowest BCUT2D eigenvalue weighted by Gasteiger charge is -2.31. The molecule has 0 spiro atoms. The van der Waals surface area contributed by atoms with Gasteiger partial charge in [0.05, 0.1) is 9.77 Å². The number of piperidine rings is 1. The highest BCUT2D eigenvalue weighted by Crippen LogP contribution is 2.35. The molecule has 34 heavy (non-hydrogen) atoms. The van der Waals surface area contributed by atoms with Gasteiger partial charge in [0, 0.05) is 35.8 Å². The topological polar surface area (TPSA) is 105 Å². The van der Waals surface area contributed by atoms with Gasteiger partial charge >= 0.3 is 0 Å². The summed E-state index contributed by atoms with van der Waals surface area (Å²) in [6.45, 7) is 6.45. The van der Waals surface area contributed by atoms with Gasteiger partial charge in [-0.1, -0.05) is 51.1 Å². The van der Waals surface area contributed by atoms with Gasteiger partial charge < -0.3 is 9.84 Å². The predicted octanol–water partition coefficient (Wildman–Crippen LogP) is 4.86. The van der Waals surface area contributed by atoms with Crippen LogP contribution in [0.3, 0.4) is 0 Å². The number of aromatic nitrogens is 2. The summed E-state index contributed by atoms with van der Waals surface area (Å²) in [5.74, 6) is 1.03. The third-order valence-corrected chi connectivity index (χ3v) is 10.1. The summed E-state index contributed by atoms with van der Waals surface area (Å²) in [6.07, 6.45) is 9.35. The van der Waals surface area contributed by atoms with Crippen LogP contribution in [-0.2, 0) is 14.8 Å². The minimum Gasteiger partial charge on any atom is -0.353 e. The van der Waals surface area contributed by atoms with E-state index in [9.17, 15) is 13.2 Å². The van der Waals surface area contributed by atoms with Crippen molar-refractivity contribution in [3.63, 3.8) is 0 Å². The monoisotopic (exact) mass is 508 g/mol. The predicted molar refractivity (Wildman–Crippen MR) is 132 cm³/mol. The second-order valence-corrected chi connectivity index (χ2v) is 13.0. The van der Waals surface area contributed by atoms with Crippen molar-refractivity contribution in [2.24, 2.45) is 5.92 Å². The van der Waals surface area contributed by atoms with Gasteiger partial charge in [0.2, 0.25) is 27.6 Å². The van der Waals surface area contributed by atoms with E-state index in [4.69, 9.17) is 4.52 Å². The van der Waals surface area contributed by atoms with Crippen LogP contribution in [0.15, 0.2) is 15.5 Å². The molecule has 0 unspecified atom stereocenters. The van der Waals surface area contributed by atoms with Gasteiger partial charge in [0.25, 0.3) is 0 Å². The Morgan fingerprint density at radius 2 is 1.76 bits per heavy atom. The normalized spacial score (nSPS) is 19.8. The average Bonchev–Trinajstić information content (AvgIpc) is 3.43. The summed E-state index contributed by atoms with van der Waals surface area (Å²) >= 11 is 1.36. The van der Waals surface area contributed by atoms with Gasteiger partial charge in [-0.05, 0) is 38.7 Å². The first kappa shape index (κ1) is 25.3. The van der Waals surface area contributed by atoms with E-state index in [0.29, 0.717) is 52.3 Å². The lowest BCUT2D eigenvalue weighted by Crippen LogP contribution is -2.45. The van der Waals surface area contributed by atoms with Crippen LogP contribution in [0.2, 0.25) is 0 Å². The first-order valence-corrected chi connectivity index (χ1v) is 14.8. The summed E-state index contributed by atoms with van der Waals surface area (Å²) in [6, 6.07) is 1.92. The Morgan fingerprint density at radius 1 is 1.12 bits per heavy atom. The van der Waals surface area contributed by atoms with Crippen LogP contribution in [0.5, 0.6) is 0 Å². The molecular formula is C24H36N4O4S2. The molecule has 8 nitrogen and oxygen atoms in total. The van der Waals surface area contributed by atoms with Crippen LogP contribution in [0.25, 0.3) is 10.7 Å². The molecule has 1 aliphatic carbocycles. The molecule has 2 aliphatic rings. The van der Waals surface area contributed by atoms with Crippen molar-refractivity contribution in [2.45, 2.75) is 95.4 Å². The maximum Gasteiger partial charge on any atom is 0.244 e. The lowest BCUT2D eigenvalue weighted by atomic mass is 9.94. The molecule has 188 valence electrons. The van der Waals surface area contributed by atoms with Gasteiger partial charge in [-0.2, -0.15) is 9.29 Å². The molecule has 2 aromatic rings. The summed E-state index contributed by atoms with van der Waals surface area (Å²) < 4.78 is 33.6. The van der Waals surface area contributed by atoms with Crippen LogP contribution in [0.4, 0.5) is 0 Å². The fourth-order valence-electron chi connectivity index (χ4n) is 4.82. The van der Waals surface area contributed by atoms with Crippen molar-refractivity contribution in [1.82, 2.24) is 19.8 Å². The Morgan fingerprint density at radius 3 is 2.38 bits per heavy atom. The zero-order valence-corrected chi connectivity index (χ0v) is 22.0. The van der Waals surface area contributed by atoms with Crippen LogP contribution < -0.4 is 5.32 Å². The van der Waals surface area contributed by atoms with Crippen molar-refractivity contribution in [3.8, 4) is 10.7 Å². The van der Waals surface area contributed by atoms with E-state index in [2.05, 4.69) is 15.5 Å². The van der Waals surface area contributed by atoms with E-state index in [0.717, 1.165) is 12.8 Å². The molecule has 0 radical (unpaired) electrons. The van der Waals surface area contributed by atoms with Crippen molar-refractivity contribution < 1.29 is 17.7 Å². The molecule has 1 amide bonds. The number of carbonyl (C=O) groups excluding carboxylic acids is 1. The molecule has 0 aromatic carbocycles. The number of hydrogen-bond acceptors (Lipinski definition) is 7. The van der Waals surface area contributed by atoms with Crippen LogP contribution in [0.1, 0.15) is 88.3 Å². The number of hydrogen-bond donors (Lipinski definition) is 1. The van der Waals surface area contributed by atoms with E-state index in [1.54, 1.807) is 13.0 Å². The maximum atomic E-state index is 13.4. The third-order valence-electron chi connectivity index (χ3n) is 6.92. The van der Waals surface area contributed by atoms with Crippen molar-refractivity contribution in [3.05, 3.63) is 16.8 Å². The minimum absolute atomic E-state index is 0.0923. The van der Waals surface area contributed by atoms with E-state index in [1.807, 2.05) is 13.8 Å². The van der Waals surface area contributed by atoms with Gasteiger partial charge in [-0.15, -0.1) is 11.3 Å². The number of thiophene rings is 1. The molecule has 1 saturated heterocycles. The third kappa shape index (κ3) is 5.71. The Kier molecular flexibility index (Phi) is 8.09. The summed E-state index contributed by atoms with van der Waals surface area (Å²) in [5.41, 5.74) is 0. The molecule has 10 heteroatoms. The van der Waals surface area contributed by atoms with E-state index in [1.165, 1.54) is 47.7 Å². The summed E-state index contributed by atoms with van der Waals surface area (Å²) in [7, 11) is -3.65. The maximum absolute atomic E-state index is 13.4. The van der Waals surface area contributed by atoms with Gasteiger partial charge in [0.1, 0.15) is 0 Å². The van der Waals surface area contributed by atoms with Gasteiger partial charge in [-0.25, -0.2) is 8.42 Å². The highest BCUT2D eigenvalue weighted by Gasteiger charge is 2.34. The molecule has 2 fully saturated rings. The highest BCUT2D eigenvalue weighted by atomic mass is 32.2. The fraction of sp³-hybridized carbons (Fsp3) is 0.708. The molecule has 1 N–H and O–H groups in total. The molecule has 1 saturated carbocycles. The number of nitrogens with one attached hydrogen (secondary N) is 1. The number of carbonyl (C=O) groups is 1. The summed E-state index contributed by atoms with van der Waals surface area (Å²) in [5, 5.41) is 7.27. The van der Waals surface area contributed by atoms with Crippen molar-refractivity contribution in [1.29, 1.82) is 0 Å². The number of nitrogens with zero attached hydrogens (tertiary/aromatic N) is 3. The van der Waals surface area contributed by atoms with E-state index < -0.39 is 10.0 Å². The quantitative estimate of drug-likeness (QED) is 0.597. The molecular weight excluding hydrogens is 472 g/mol. The van der Waals surface area contributed by atoms with Gasteiger partial charge in [0.15, 0.2) is 0 Å². The lowest BCUT2D eigenvalue weighted by molar-refractivity contribution is -0.127. The number of sulfonamides is 1. The average molecular weight is 509 g/mol. The number of amides is 1. The van der Waals surface area contributed by atoms with Crippen LogP contribution >= 0.6 is 11.3 Å². The SMILES string of the molecule is Cc1sc(-c2noc(C(C)C)n2)cc1S(=O)(=O)N1CCC(C(=O)NC2CCCCCCC2)CC1. The zero-order valence-electron chi connectivity index (χ0n) is 20.4. The fourth-order valence-corrected chi connectivity index (χ4v) is 7.77. The van der Waals surface area contributed by atoms with Crippen LogP contribution in [0, 0.1) is 12.8 Å². The standard InChI is InChI=1S/C24H36N4O4S2/c1-16(2)24-26-22(27-32-24)20-15-21(17(3)33-20)34(30,31)28-13-11-18(12-14-28)23(29)25-19-9-7-5-4-6-8-10-19/h15-16,18-19H,4-14H2,1-3H3,(H,25,29). The minimum atomic E-state index is -3.65. The zero-order chi connectivity index (χ0) is 24.3. The highest BCUT2D eigenvalue weighted by molar-refractivity contribution is 7.89. The Labute approximate surface area is 206 Å². The number of aryl methyl sites for hydroxylation is 1. The molecule has 3 heterocycles. The van der Waals surface area contributed by atoms with E-state index in [-0.39, 0.29) is 23.8 Å². The van der Waals surface area contributed by atoms with Crippen LogP contribution in [-0.4, -0.2) is 47.9 Å². The molecule has 0 atom stereocenters. The van der Waals surface area contributed by atoms with E-state index >= 15 is 0 Å². The molecule has 2 aromatic heterocycles. The van der Waals surface area contributed by atoms with Crippen molar-refractivity contribution in [2.75, 3.05) is 13.1 Å². The molecule has 0 bridgehead atoms. The largest absolute Gasteiger partial charge is 0.353 e.